The molecule has 1 aliphatic carbocycles. The standard InChI is InChI=1S/C11H15NS/c12-7-3-5-10-8-9-4-1-2-6-11(9)13-10/h3,5,8H,1-2,4,6-7,12H2/b5-3+. The van der Waals surface area contributed by atoms with Crippen molar-refractivity contribution < 1.29 is 0 Å². The van der Waals surface area contributed by atoms with Crippen LogP contribution >= 0.6 is 11.3 Å². The summed E-state index contributed by atoms with van der Waals surface area (Å²) in [5.41, 5.74) is 6.99. The van der Waals surface area contributed by atoms with Crippen LogP contribution in [0, 0.1) is 0 Å². The van der Waals surface area contributed by atoms with E-state index in [1.54, 1.807) is 10.4 Å². The first-order valence-corrected chi connectivity index (χ1v) is 5.70. The lowest BCUT2D eigenvalue weighted by Crippen LogP contribution is -1.96. The van der Waals surface area contributed by atoms with Gasteiger partial charge in [0, 0.05) is 16.3 Å². The van der Waals surface area contributed by atoms with Crippen molar-refractivity contribution in [3.8, 4) is 0 Å². The van der Waals surface area contributed by atoms with Crippen molar-refractivity contribution in [2.45, 2.75) is 25.7 Å². The summed E-state index contributed by atoms with van der Waals surface area (Å²) in [4.78, 5) is 2.97. The molecule has 2 rings (SSSR count). The van der Waals surface area contributed by atoms with Crippen molar-refractivity contribution in [2.75, 3.05) is 6.54 Å². The van der Waals surface area contributed by atoms with Gasteiger partial charge in [0.2, 0.25) is 0 Å². The molecule has 0 amide bonds. The summed E-state index contributed by atoms with van der Waals surface area (Å²) in [5, 5.41) is 0. The summed E-state index contributed by atoms with van der Waals surface area (Å²) in [6.45, 7) is 0.641. The molecule has 0 spiro atoms. The SMILES string of the molecule is NC/C=C/c1cc2c(s1)CCCC2. The number of hydrogen-bond acceptors (Lipinski definition) is 2. The van der Waals surface area contributed by atoms with Crippen LogP contribution < -0.4 is 5.73 Å². The second-order valence-corrected chi connectivity index (χ2v) is 4.61. The average molecular weight is 193 g/mol. The van der Waals surface area contributed by atoms with Crippen molar-refractivity contribution in [1.29, 1.82) is 0 Å². The number of thiophene rings is 1. The van der Waals surface area contributed by atoms with E-state index in [4.69, 9.17) is 5.73 Å². The largest absolute Gasteiger partial charge is 0.327 e. The highest BCUT2D eigenvalue weighted by Crippen LogP contribution is 2.30. The van der Waals surface area contributed by atoms with Crippen LogP contribution in [0.3, 0.4) is 0 Å². The highest BCUT2D eigenvalue weighted by Gasteiger charge is 2.11. The minimum Gasteiger partial charge on any atom is -0.327 e. The molecule has 70 valence electrons. The van der Waals surface area contributed by atoms with E-state index >= 15 is 0 Å². The van der Waals surface area contributed by atoms with Crippen molar-refractivity contribution in [3.05, 3.63) is 27.5 Å². The van der Waals surface area contributed by atoms with Gasteiger partial charge >= 0.3 is 0 Å². The third kappa shape index (κ3) is 2.01. The second-order valence-electron chi connectivity index (χ2n) is 3.44. The molecule has 1 aliphatic rings. The quantitative estimate of drug-likeness (QED) is 0.767. The lowest BCUT2D eigenvalue weighted by atomic mass is 9.99. The molecule has 1 aromatic rings. The highest BCUT2D eigenvalue weighted by molar-refractivity contribution is 7.13. The van der Waals surface area contributed by atoms with Crippen LogP contribution in [0.4, 0.5) is 0 Å². The molecule has 0 saturated carbocycles. The van der Waals surface area contributed by atoms with E-state index in [0.29, 0.717) is 6.54 Å². The van der Waals surface area contributed by atoms with Gasteiger partial charge in [-0.2, -0.15) is 0 Å². The van der Waals surface area contributed by atoms with E-state index in [1.165, 1.54) is 30.6 Å². The molecule has 1 heterocycles. The van der Waals surface area contributed by atoms with Crippen LogP contribution in [0.25, 0.3) is 6.08 Å². The molecule has 0 unspecified atom stereocenters. The van der Waals surface area contributed by atoms with Crippen LogP contribution in [0.1, 0.15) is 28.2 Å². The number of nitrogens with two attached hydrogens (primary N) is 1. The summed E-state index contributed by atoms with van der Waals surface area (Å²) in [6, 6.07) is 2.32. The van der Waals surface area contributed by atoms with Gasteiger partial charge in [-0.1, -0.05) is 6.08 Å². The summed E-state index contributed by atoms with van der Waals surface area (Å²) >= 11 is 1.93. The molecule has 1 aromatic heterocycles. The molecule has 13 heavy (non-hydrogen) atoms. The zero-order valence-corrected chi connectivity index (χ0v) is 8.57. The van der Waals surface area contributed by atoms with Gasteiger partial charge in [0.1, 0.15) is 0 Å². The summed E-state index contributed by atoms with van der Waals surface area (Å²) in [5.74, 6) is 0. The number of rotatable bonds is 2. The van der Waals surface area contributed by atoms with Crippen molar-refractivity contribution in [2.24, 2.45) is 5.73 Å². The first kappa shape index (κ1) is 8.97. The number of fused-ring (bicyclic) bond motifs is 1. The molecule has 0 bridgehead atoms. The lowest BCUT2D eigenvalue weighted by molar-refractivity contribution is 0.697. The lowest BCUT2D eigenvalue weighted by Gasteiger charge is -2.08. The predicted molar refractivity (Wildman–Crippen MR) is 59.0 cm³/mol. The minimum absolute atomic E-state index is 0.641. The number of aryl methyl sites for hydroxylation is 2. The third-order valence-corrected chi connectivity index (χ3v) is 3.64. The molecule has 0 atom stereocenters. The fourth-order valence-corrected chi connectivity index (χ4v) is 2.97. The maximum atomic E-state index is 5.42. The molecule has 0 aromatic carbocycles. The average Bonchev–Trinajstić information content (AvgIpc) is 2.57. The van der Waals surface area contributed by atoms with Crippen LogP contribution in [-0.2, 0) is 12.8 Å². The molecule has 2 heteroatoms. The molecule has 0 fully saturated rings. The van der Waals surface area contributed by atoms with Crippen molar-refractivity contribution in [3.63, 3.8) is 0 Å². The Morgan fingerprint density at radius 2 is 2.23 bits per heavy atom. The molecular weight excluding hydrogens is 178 g/mol. The fraction of sp³-hybridized carbons (Fsp3) is 0.455. The normalized spacial score (nSPS) is 16.4. The van der Waals surface area contributed by atoms with E-state index in [-0.39, 0.29) is 0 Å². The highest BCUT2D eigenvalue weighted by atomic mass is 32.1. The second kappa shape index (κ2) is 4.07. The van der Waals surface area contributed by atoms with Gasteiger partial charge in [-0.05, 0) is 43.4 Å². The van der Waals surface area contributed by atoms with E-state index in [0.717, 1.165) is 0 Å². The zero-order chi connectivity index (χ0) is 9.10. The van der Waals surface area contributed by atoms with E-state index in [1.807, 2.05) is 17.4 Å². The fourth-order valence-electron chi connectivity index (χ4n) is 1.78. The minimum atomic E-state index is 0.641. The molecule has 2 N–H and O–H groups in total. The van der Waals surface area contributed by atoms with Crippen LogP contribution in [-0.4, -0.2) is 6.54 Å². The Kier molecular flexibility index (Phi) is 2.81. The van der Waals surface area contributed by atoms with Gasteiger partial charge in [-0.3, -0.25) is 0 Å². The Bertz CT molecular complexity index is 288. The van der Waals surface area contributed by atoms with Gasteiger partial charge in [-0.25, -0.2) is 0 Å². The number of hydrogen-bond donors (Lipinski definition) is 1. The first-order chi connectivity index (χ1) is 6.40. The predicted octanol–water partition coefficient (Wildman–Crippen LogP) is 2.60. The monoisotopic (exact) mass is 193 g/mol. The smallest absolute Gasteiger partial charge is 0.0273 e. The first-order valence-electron chi connectivity index (χ1n) is 4.88. The van der Waals surface area contributed by atoms with Crippen molar-refractivity contribution >= 4 is 17.4 Å². The van der Waals surface area contributed by atoms with Crippen molar-refractivity contribution in [1.82, 2.24) is 0 Å². The van der Waals surface area contributed by atoms with E-state index in [9.17, 15) is 0 Å². The maximum absolute atomic E-state index is 5.42. The van der Waals surface area contributed by atoms with E-state index in [2.05, 4.69) is 12.1 Å². The summed E-state index contributed by atoms with van der Waals surface area (Å²) in [6.07, 6.45) is 9.47. The molecular formula is C11H15NS. The zero-order valence-electron chi connectivity index (χ0n) is 7.75. The third-order valence-electron chi connectivity index (χ3n) is 2.43. The van der Waals surface area contributed by atoms with Gasteiger partial charge in [-0.15, -0.1) is 11.3 Å². The van der Waals surface area contributed by atoms with E-state index < -0.39 is 0 Å². The topological polar surface area (TPSA) is 26.0 Å². The molecule has 0 saturated heterocycles. The summed E-state index contributed by atoms with van der Waals surface area (Å²) < 4.78 is 0. The van der Waals surface area contributed by atoms with Crippen LogP contribution in [0.2, 0.25) is 0 Å². The Labute approximate surface area is 83.3 Å². The molecule has 0 aliphatic heterocycles. The Morgan fingerprint density at radius 1 is 1.38 bits per heavy atom. The Hall–Kier alpha value is -0.600. The maximum Gasteiger partial charge on any atom is 0.0273 e. The summed E-state index contributed by atoms with van der Waals surface area (Å²) in [7, 11) is 0. The van der Waals surface area contributed by atoms with Gasteiger partial charge in [0.15, 0.2) is 0 Å². The van der Waals surface area contributed by atoms with Crippen LogP contribution in [0.5, 0.6) is 0 Å². The van der Waals surface area contributed by atoms with Crippen LogP contribution in [0.15, 0.2) is 12.1 Å². The van der Waals surface area contributed by atoms with Gasteiger partial charge in [0.25, 0.3) is 0 Å². The molecule has 0 radical (unpaired) electrons. The Morgan fingerprint density at radius 3 is 3.00 bits per heavy atom. The van der Waals surface area contributed by atoms with Gasteiger partial charge in [0.05, 0.1) is 0 Å². The molecule has 1 nitrogen and oxygen atoms in total. The Balaban J connectivity index is 2.20. The van der Waals surface area contributed by atoms with Gasteiger partial charge < -0.3 is 5.73 Å².